The number of hydrogen-bond donors (Lipinski definition) is 2. The minimum Gasteiger partial charge on any atom is -0.461 e. The lowest BCUT2D eigenvalue weighted by atomic mass is 10.1. The van der Waals surface area contributed by atoms with Crippen molar-refractivity contribution in [1.82, 2.24) is 10.4 Å². The molecule has 0 unspecified atom stereocenters. The molecule has 0 aromatic carbocycles. The molecule has 10 heteroatoms. The third-order valence-electron chi connectivity index (χ3n) is 3.52. The van der Waals surface area contributed by atoms with E-state index in [0.717, 1.165) is 0 Å². The van der Waals surface area contributed by atoms with Gasteiger partial charge in [0.25, 0.3) is 5.91 Å². The number of nitrogens with one attached hydrogen (secondary N) is 2. The van der Waals surface area contributed by atoms with Crippen LogP contribution in [0.25, 0.3) is 6.08 Å². The molecule has 0 spiro atoms. The maximum absolute atomic E-state index is 12.3. The van der Waals surface area contributed by atoms with Gasteiger partial charge in [-0.3, -0.25) is 14.9 Å². The summed E-state index contributed by atoms with van der Waals surface area (Å²) in [6, 6.07) is 2.67. The first-order chi connectivity index (χ1) is 12.8. The number of aromatic amines is 1. The van der Waals surface area contributed by atoms with Crippen molar-refractivity contribution in [2.24, 2.45) is 5.10 Å². The fraction of sp³-hybridized carbons (Fsp3) is 0.235. The predicted octanol–water partition coefficient (Wildman–Crippen LogP) is 2.74. The van der Waals surface area contributed by atoms with Gasteiger partial charge in [0, 0.05) is 11.9 Å². The summed E-state index contributed by atoms with van der Waals surface area (Å²) in [6.45, 7) is 5.23. The van der Waals surface area contributed by atoms with E-state index >= 15 is 0 Å². The van der Waals surface area contributed by atoms with E-state index in [2.05, 4.69) is 15.5 Å². The SMILES string of the molecule is CCOC(=O)c1[nH]c(C)c(C(=O)N/N=C\C=C\c2ccc([N+](=O)[O-])o2)c1C. The Kier molecular flexibility index (Phi) is 6.26. The van der Waals surface area contributed by atoms with E-state index in [1.54, 1.807) is 20.8 Å². The molecule has 0 aliphatic rings. The van der Waals surface area contributed by atoms with E-state index < -0.39 is 16.8 Å². The Morgan fingerprint density at radius 3 is 2.78 bits per heavy atom. The van der Waals surface area contributed by atoms with Gasteiger partial charge in [0.2, 0.25) is 0 Å². The highest BCUT2D eigenvalue weighted by Crippen LogP contribution is 2.19. The second kappa shape index (κ2) is 8.61. The molecule has 0 radical (unpaired) electrons. The third-order valence-corrected chi connectivity index (χ3v) is 3.52. The number of hydrogen-bond acceptors (Lipinski definition) is 7. The van der Waals surface area contributed by atoms with Crippen molar-refractivity contribution in [2.75, 3.05) is 6.61 Å². The first-order valence-corrected chi connectivity index (χ1v) is 7.95. The number of allylic oxidation sites excluding steroid dienone is 1. The second-order valence-electron chi connectivity index (χ2n) is 5.36. The lowest BCUT2D eigenvalue weighted by Gasteiger charge is -2.01. The average molecular weight is 374 g/mol. The number of H-pyrrole nitrogens is 1. The molecule has 0 saturated carbocycles. The Hall–Kier alpha value is -3.69. The van der Waals surface area contributed by atoms with Crippen molar-refractivity contribution < 1.29 is 23.7 Å². The van der Waals surface area contributed by atoms with Crippen LogP contribution in [0.4, 0.5) is 5.88 Å². The fourth-order valence-corrected chi connectivity index (χ4v) is 2.36. The lowest BCUT2D eigenvalue weighted by Crippen LogP contribution is -2.19. The van der Waals surface area contributed by atoms with Gasteiger partial charge in [-0.2, -0.15) is 5.10 Å². The second-order valence-corrected chi connectivity index (χ2v) is 5.36. The molecule has 2 aromatic rings. The molecule has 0 bridgehead atoms. The highest BCUT2D eigenvalue weighted by molar-refractivity contribution is 6.01. The minimum absolute atomic E-state index is 0.225. The first-order valence-electron chi connectivity index (χ1n) is 7.95. The molecule has 2 heterocycles. The third kappa shape index (κ3) is 4.69. The number of ether oxygens (including phenoxy) is 1. The van der Waals surface area contributed by atoms with Crippen LogP contribution in [0, 0.1) is 24.0 Å². The molecule has 142 valence electrons. The average Bonchev–Trinajstić information content (AvgIpc) is 3.19. The molecule has 0 aliphatic heterocycles. The van der Waals surface area contributed by atoms with Crippen LogP contribution >= 0.6 is 0 Å². The molecule has 1 amide bonds. The van der Waals surface area contributed by atoms with Crippen LogP contribution in [0.1, 0.15) is 44.8 Å². The first kappa shape index (κ1) is 19.6. The Balaban J connectivity index is 2.00. The summed E-state index contributed by atoms with van der Waals surface area (Å²) in [7, 11) is 0. The van der Waals surface area contributed by atoms with Gasteiger partial charge in [-0.05, 0) is 44.6 Å². The van der Waals surface area contributed by atoms with Crippen molar-refractivity contribution in [3.63, 3.8) is 0 Å². The Labute approximate surface area is 154 Å². The van der Waals surface area contributed by atoms with Gasteiger partial charge in [0.1, 0.15) is 16.4 Å². The summed E-state index contributed by atoms with van der Waals surface area (Å²) >= 11 is 0. The van der Waals surface area contributed by atoms with E-state index in [1.165, 1.54) is 30.5 Å². The number of aromatic nitrogens is 1. The van der Waals surface area contributed by atoms with E-state index in [9.17, 15) is 19.7 Å². The molecule has 0 saturated heterocycles. The number of furan rings is 1. The summed E-state index contributed by atoms with van der Waals surface area (Å²) in [6.07, 6.45) is 4.19. The van der Waals surface area contributed by atoms with E-state index in [0.29, 0.717) is 16.8 Å². The maximum Gasteiger partial charge on any atom is 0.433 e. The van der Waals surface area contributed by atoms with Gasteiger partial charge in [-0.1, -0.05) is 0 Å². The maximum atomic E-state index is 12.3. The van der Waals surface area contributed by atoms with Gasteiger partial charge < -0.3 is 14.1 Å². The molecule has 2 rings (SSSR count). The summed E-state index contributed by atoms with van der Waals surface area (Å²) in [4.78, 5) is 36.9. The minimum atomic E-state index is -0.641. The topological polar surface area (TPSA) is 140 Å². The monoisotopic (exact) mass is 374 g/mol. The molecular weight excluding hydrogens is 356 g/mol. The number of nitro groups is 1. The van der Waals surface area contributed by atoms with Crippen LogP contribution in [-0.4, -0.2) is 34.6 Å². The molecule has 27 heavy (non-hydrogen) atoms. The van der Waals surface area contributed by atoms with Gasteiger partial charge in [0.05, 0.1) is 18.2 Å². The molecule has 2 N–H and O–H groups in total. The van der Waals surface area contributed by atoms with Gasteiger partial charge in [-0.25, -0.2) is 10.2 Å². The molecule has 10 nitrogen and oxygen atoms in total. The van der Waals surface area contributed by atoms with Crippen molar-refractivity contribution in [1.29, 1.82) is 0 Å². The fourth-order valence-electron chi connectivity index (χ4n) is 2.36. The van der Waals surface area contributed by atoms with Gasteiger partial charge in [0.15, 0.2) is 0 Å². The van der Waals surface area contributed by atoms with E-state index in [1.807, 2.05) is 0 Å². The number of aryl methyl sites for hydroxylation is 1. The summed E-state index contributed by atoms with van der Waals surface area (Å²) in [5.74, 6) is -1.11. The summed E-state index contributed by atoms with van der Waals surface area (Å²) in [5, 5.41) is 14.3. The lowest BCUT2D eigenvalue weighted by molar-refractivity contribution is -0.402. The van der Waals surface area contributed by atoms with Crippen LogP contribution in [0.5, 0.6) is 0 Å². The van der Waals surface area contributed by atoms with E-state index in [-0.39, 0.29) is 23.9 Å². The van der Waals surface area contributed by atoms with Crippen molar-refractivity contribution in [2.45, 2.75) is 20.8 Å². The van der Waals surface area contributed by atoms with Crippen molar-refractivity contribution in [3.8, 4) is 0 Å². The van der Waals surface area contributed by atoms with Crippen LogP contribution in [0.3, 0.4) is 0 Å². The Bertz CT molecular complexity index is 922. The Morgan fingerprint density at radius 2 is 2.15 bits per heavy atom. The number of rotatable bonds is 7. The standard InChI is InChI=1S/C17H18N4O6/c1-4-26-17(23)15-10(2)14(11(3)19-15)16(22)20-18-9-5-6-12-7-8-13(27-12)21(24)25/h5-9,19H,4H2,1-3H3,(H,20,22)/b6-5+,18-9-. The van der Waals surface area contributed by atoms with Crippen LogP contribution in [0.2, 0.25) is 0 Å². The number of amides is 1. The van der Waals surface area contributed by atoms with Gasteiger partial charge in [-0.15, -0.1) is 0 Å². The van der Waals surface area contributed by atoms with E-state index in [4.69, 9.17) is 9.15 Å². The van der Waals surface area contributed by atoms with Crippen LogP contribution in [-0.2, 0) is 4.74 Å². The number of carbonyl (C=O) groups excluding carboxylic acids is 2. The number of nitrogens with zero attached hydrogens (tertiary/aromatic N) is 2. The number of carbonyl (C=O) groups is 2. The quantitative estimate of drug-likeness (QED) is 0.330. The molecule has 0 fully saturated rings. The van der Waals surface area contributed by atoms with Crippen LogP contribution < -0.4 is 5.43 Å². The smallest absolute Gasteiger partial charge is 0.433 e. The largest absolute Gasteiger partial charge is 0.461 e. The zero-order valence-electron chi connectivity index (χ0n) is 14.9. The summed E-state index contributed by atoms with van der Waals surface area (Å²) < 4.78 is 9.87. The number of esters is 1. The highest BCUT2D eigenvalue weighted by Gasteiger charge is 2.22. The summed E-state index contributed by atoms with van der Waals surface area (Å²) in [5.41, 5.74) is 3.86. The zero-order valence-corrected chi connectivity index (χ0v) is 14.9. The normalized spacial score (nSPS) is 11.2. The highest BCUT2D eigenvalue weighted by atomic mass is 16.6. The molecule has 0 atom stereocenters. The van der Waals surface area contributed by atoms with Gasteiger partial charge >= 0.3 is 11.9 Å². The van der Waals surface area contributed by atoms with Crippen LogP contribution in [0.15, 0.2) is 27.7 Å². The van der Waals surface area contributed by atoms with Crippen molar-refractivity contribution >= 4 is 30.1 Å². The molecular formula is C17H18N4O6. The predicted molar refractivity (Wildman–Crippen MR) is 96.6 cm³/mol. The zero-order chi connectivity index (χ0) is 20.0. The molecule has 2 aromatic heterocycles. The number of hydrazone groups is 1. The Morgan fingerprint density at radius 1 is 1.41 bits per heavy atom. The van der Waals surface area contributed by atoms with Crippen molar-refractivity contribution in [3.05, 3.63) is 56.6 Å². The molecule has 0 aliphatic carbocycles.